The summed E-state index contributed by atoms with van der Waals surface area (Å²) in [6.45, 7) is 0.563. The summed E-state index contributed by atoms with van der Waals surface area (Å²) in [5, 5.41) is 81.5. The van der Waals surface area contributed by atoms with E-state index in [0.29, 0.717) is 0 Å². The van der Waals surface area contributed by atoms with E-state index in [0.717, 1.165) is 0 Å². The van der Waals surface area contributed by atoms with Gasteiger partial charge in [0.25, 0.3) is 0 Å². The minimum absolute atomic E-state index is 0.0285. The lowest BCUT2D eigenvalue weighted by Gasteiger charge is -2.44. The van der Waals surface area contributed by atoms with Gasteiger partial charge in [0, 0.05) is 33.5 Å². The number of aliphatic hydroxyl groups is 8. The first kappa shape index (κ1) is 25.0. The standard InChI is InChI=1S/C22H28ClNO8/c1-21(30,31)11-3-5-12(6-4-11)22(24,32)14-8-10(2-7-15(14)23)16-17(26)13(9-25)18(27)20(29)19(16)28/h2-8,13,16-20,25-32H,9,24H2,1H3. The van der Waals surface area contributed by atoms with Crippen LogP contribution in [-0.4, -0.2) is 71.9 Å². The van der Waals surface area contributed by atoms with Crippen LogP contribution in [0.1, 0.15) is 35.1 Å². The molecule has 10 heteroatoms. The summed E-state index contributed by atoms with van der Waals surface area (Å²) in [6.07, 6.45) is -6.11. The third-order valence-electron chi connectivity index (χ3n) is 6.18. The Balaban J connectivity index is 2.03. The van der Waals surface area contributed by atoms with Crippen LogP contribution in [0, 0.1) is 5.92 Å². The Hall–Kier alpha value is -1.63. The van der Waals surface area contributed by atoms with Gasteiger partial charge in [-0.1, -0.05) is 41.9 Å². The van der Waals surface area contributed by atoms with Gasteiger partial charge >= 0.3 is 0 Å². The number of aliphatic hydroxyl groups excluding tert-OH is 5. The summed E-state index contributed by atoms with van der Waals surface area (Å²) in [5.41, 5.74) is 4.70. The van der Waals surface area contributed by atoms with Crippen molar-refractivity contribution in [3.05, 3.63) is 69.7 Å². The van der Waals surface area contributed by atoms with Gasteiger partial charge in [-0.05, 0) is 24.6 Å². The van der Waals surface area contributed by atoms with Gasteiger partial charge in [-0.3, -0.25) is 5.73 Å². The van der Waals surface area contributed by atoms with Crippen molar-refractivity contribution in [2.45, 2.75) is 48.8 Å². The van der Waals surface area contributed by atoms with Crippen molar-refractivity contribution in [2.24, 2.45) is 11.7 Å². The van der Waals surface area contributed by atoms with Crippen LogP contribution < -0.4 is 5.73 Å². The van der Waals surface area contributed by atoms with Crippen LogP contribution in [0.15, 0.2) is 42.5 Å². The molecule has 2 aromatic rings. The molecule has 0 bridgehead atoms. The molecule has 1 aliphatic rings. The molecule has 7 unspecified atom stereocenters. The lowest BCUT2D eigenvalue weighted by molar-refractivity contribution is -0.169. The molecular formula is C22H28ClNO8. The zero-order valence-electron chi connectivity index (χ0n) is 17.2. The van der Waals surface area contributed by atoms with Crippen molar-refractivity contribution in [1.82, 2.24) is 0 Å². The van der Waals surface area contributed by atoms with Crippen LogP contribution >= 0.6 is 11.6 Å². The van der Waals surface area contributed by atoms with Crippen LogP contribution in [0.2, 0.25) is 5.02 Å². The first-order valence-electron chi connectivity index (χ1n) is 10.0. The predicted molar refractivity (Wildman–Crippen MR) is 114 cm³/mol. The van der Waals surface area contributed by atoms with Crippen molar-refractivity contribution in [3.8, 4) is 0 Å². The number of hydrogen-bond donors (Lipinski definition) is 9. The summed E-state index contributed by atoms with van der Waals surface area (Å²) in [6, 6.07) is 9.80. The van der Waals surface area contributed by atoms with Crippen molar-refractivity contribution >= 4 is 11.6 Å². The van der Waals surface area contributed by atoms with Crippen LogP contribution in [0.4, 0.5) is 0 Å². The van der Waals surface area contributed by atoms with Gasteiger partial charge < -0.3 is 40.9 Å². The molecule has 176 valence electrons. The minimum atomic E-state index is -2.13. The van der Waals surface area contributed by atoms with E-state index in [1.807, 2.05) is 0 Å². The second-order valence-electron chi connectivity index (χ2n) is 8.44. The highest BCUT2D eigenvalue weighted by molar-refractivity contribution is 6.31. The molecule has 0 saturated heterocycles. The molecule has 1 saturated carbocycles. The van der Waals surface area contributed by atoms with Crippen molar-refractivity contribution in [1.29, 1.82) is 0 Å². The van der Waals surface area contributed by atoms with Gasteiger partial charge in [0.05, 0.1) is 24.9 Å². The third-order valence-corrected chi connectivity index (χ3v) is 6.51. The Morgan fingerprint density at radius 1 is 0.844 bits per heavy atom. The topological polar surface area (TPSA) is 188 Å². The second kappa shape index (κ2) is 8.96. The Morgan fingerprint density at radius 2 is 1.41 bits per heavy atom. The molecule has 2 aromatic carbocycles. The maximum Gasteiger partial charge on any atom is 0.186 e. The molecule has 1 fully saturated rings. The first-order chi connectivity index (χ1) is 14.8. The van der Waals surface area contributed by atoms with E-state index >= 15 is 0 Å². The molecule has 3 rings (SSSR count). The molecule has 9 nitrogen and oxygen atoms in total. The van der Waals surface area contributed by atoms with Gasteiger partial charge in [-0.2, -0.15) is 0 Å². The van der Waals surface area contributed by atoms with Gasteiger partial charge in [-0.25, -0.2) is 0 Å². The smallest absolute Gasteiger partial charge is 0.186 e. The van der Waals surface area contributed by atoms with Crippen molar-refractivity contribution in [2.75, 3.05) is 6.61 Å². The van der Waals surface area contributed by atoms with Gasteiger partial charge in [0.2, 0.25) is 0 Å². The molecule has 0 aliphatic heterocycles. The van der Waals surface area contributed by atoms with Crippen LogP contribution in [0.3, 0.4) is 0 Å². The van der Waals surface area contributed by atoms with Gasteiger partial charge in [0.15, 0.2) is 11.5 Å². The lowest BCUT2D eigenvalue weighted by Crippen LogP contribution is -2.58. The predicted octanol–water partition coefficient (Wildman–Crippen LogP) is -1.20. The highest BCUT2D eigenvalue weighted by Gasteiger charge is 2.49. The maximum atomic E-state index is 11.1. The van der Waals surface area contributed by atoms with Gasteiger partial charge in [0.1, 0.15) is 6.10 Å². The normalized spacial score (nSPS) is 30.7. The molecule has 10 N–H and O–H groups in total. The van der Waals surface area contributed by atoms with E-state index < -0.39 is 54.4 Å². The summed E-state index contributed by atoms with van der Waals surface area (Å²) in [5.74, 6) is -4.29. The van der Waals surface area contributed by atoms with E-state index in [2.05, 4.69) is 0 Å². The van der Waals surface area contributed by atoms with E-state index in [9.17, 15) is 40.9 Å². The molecule has 0 aromatic heterocycles. The van der Waals surface area contributed by atoms with E-state index in [4.69, 9.17) is 17.3 Å². The maximum absolute atomic E-state index is 11.1. The van der Waals surface area contributed by atoms with Crippen LogP contribution in [0.5, 0.6) is 0 Å². The van der Waals surface area contributed by atoms with Gasteiger partial charge in [-0.15, -0.1) is 0 Å². The highest BCUT2D eigenvalue weighted by Crippen LogP contribution is 2.40. The Bertz CT molecular complexity index is 946. The molecule has 0 spiro atoms. The van der Waals surface area contributed by atoms with E-state index in [1.165, 1.54) is 49.4 Å². The van der Waals surface area contributed by atoms with Crippen molar-refractivity contribution in [3.63, 3.8) is 0 Å². The SMILES string of the molecule is CC(O)(O)c1ccc(C(N)(O)c2cc(C3C(O)C(O)C(O)C(CO)C3O)ccc2Cl)cc1. The second-order valence-corrected chi connectivity index (χ2v) is 8.85. The zero-order chi connectivity index (χ0) is 24.0. The number of rotatable bonds is 5. The molecule has 1 aliphatic carbocycles. The van der Waals surface area contributed by atoms with Crippen LogP contribution in [-0.2, 0) is 11.5 Å². The number of benzene rings is 2. The van der Waals surface area contributed by atoms with E-state index in [1.54, 1.807) is 0 Å². The molecule has 0 radical (unpaired) electrons. The minimum Gasteiger partial charge on any atom is -0.396 e. The monoisotopic (exact) mass is 469 g/mol. The fourth-order valence-corrected chi connectivity index (χ4v) is 4.45. The fraction of sp³-hybridized carbons (Fsp3) is 0.455. The number of nitrogens with two attached hydrogens (primary N) is 1. The molecular weight excluding hydrogens is 442 g/mol. The first-order valence-corrected chi connectivity index (χ1v) is 10.4. The number of halogens is 1. The average molecular weight is 470 g/mol. The molecule has 32 heavy (non-hydrogen) atoms. The Labute approximate surface area is 189 Å². The van der Waals surface area contributed by atoms with E-state index in [-0.39, 0.29) is 27.3 Å². The molecule has 0 amide bonds. The number of hydrogen-bond acceptors (Lipinski definition) is 9. The quantitative estimate of drug-likeness (QED) is 0.242. The lowest BCUT2D eigenvalue weighted by atomic mass is 9.70. The third kappa shape index (κ3) is 4.42. The summed E-state index contributed by atoms with van der Waals surface area (Å²) < 4.78 is 0. The average Bonchev–Trinajstić information content (AvgIpc) is 2.73. The van der Waals surface area contributed by atoms with Crippen molar-refractivity contribution < 1.29 is 40.9 Å². The fourth-order valence-electron chi connectivity index (χ4n) is 4.19. The summed E-state index contributed by atoms with van der Waals surface area (Å²) in [7, 11) is 0. The summed E-state index contributed by atoms with van der Waals surface area (Å²) >= 11 is 6.28. The zero-order valence-corrected chi connectivity index (χ0v) is 18.0. The highest BCUT2D eigenvalue weighted by atomic mass is 35.5. The molecule has 0 heterocycles. The van der Waals surface area contributed by atoms with Crippen LogP contribution in [0.25, 0.3) is 0 Å². The Kier molecular flexibility index (Phi) is 7.00. The molecule has 7 atom stereocenters. The largest absolute Gasteiger partial charge is 0.396 e. The Morgan fingerprint density at radius 3 is 1.94 bits per heavy atom. The summed E-state index contributed by atoms with van der Waals surface area (Å²) in [4.78, 5) is 0.